The summed E-state index contributed by atoms with van der Waals surface area (Å²) < 4.78 is 38.4. The van der Waals surface area contributed by atoms with Gasteiger partial charge >= 0.3 is 86.0 Å². The van der Waals surface area contributed by atoms with Crippen LogP contribution < -0.4 is 3.58 Å². The summed E-state index contributed by atoms with van der Waals surface area (Å²) in [6.45, 7) is 0. The third-order valence-corrected chi connectivity index (χ3v) is 7.90. The Morgan fingerprint density at radius 3 is 1.86 bits per heavy atom. The third kappa shape index (κ3) is 2.65. The SMILES string of the molecule is [CH3][Sn]([CH3])([CH3])[c]1ccccc1C(F)(F)F. The van der Waals surface area contributed by atoms with Gasteiger partial charge in [-0.15, -0.1) is 0 Å². The van der Waals surface area contributed by atoms with E-state index < -0.39 is 30.1 Å². The fourth-order valence-corrected chi connectivity index (χ4v) is 6.03. The Morgan fingerprint density at radius 2 is 1.50 bits per heavy atom. The molecule has 0 bridgehead atoms. The molecule has 0 nitrogen and oxygen atoms in total. The number of alkyl halides is 3. The summed E-state index contributed by atoms with van der Waals surface area (Å²) in [6, 6.07) is 5.94. The van der Waals surface area contributed by atoms with Crippen molar-refractivity contribution in [2.24, 2.45) is 0 Å². The molecular weight excluding hydrogens is 296 g/mol. The molecule has 1 rings (SSSR count). The number of halogens is 3. The van der Waals surface area contributed by atoms with Crippen LogP contribution in [0.25, 0.3) is 0 Å². The van der Waals surface area contributed by atoms with Crippen molar-refractivity contribution in [3.05, 3.63) is 29.8 Å². The Labute approximate surface area is 86.0 Å². The van der Waals surface area contributed by atoms with Gasteiger partial charge in [-0.05, 0) is 0 Å². The molecule has 0 heterocycles. The summed E-state index contributed by atoms with van der Waals surface area (Å²) in [4.78, 5) is 5.96. The number of hydrogen-bond acceptors (Lipinski definition) is 0. The zero-order valence-corrected chi connectivity index (χ0v) is 11.3. The average Bonchev–Trinajstić information content (AvgIpc) is 2.01. The summed E-state index contributed by atoms with van der Waals surface area (Å²) in [5.41, 5.74) is -0.441. The Bertz CT molecular complexity index is 290. The van der Waals surface area contributed by atoms with Gasteiger partial charge in [-0.1, -0.05) is 0 Å². The van der Waals surface area contributed by atoms with E-state index in [0.717, 1.165) is 0 Å². The van der Waals surface area contributed by atoms with Gasteiger partial charge < -0.3 is 0 Å². The summed E-state index contributed by atoms with van der Waals surface area (Å²) in [5.74, 6) is 0. The van der Waals surface area contributed by atoms with Crippen molar-refractivity contribution in [2.75, 3.05) is 0 Å². The monoisotopic (exact) mass is 310 g/mol. The molecular formula is C10H13F3Sn. The molecule has 0 saturated carbocycles. The fraction of sp³-hybridized carbons (Fsp3) is 0.400. The van der Waals surface area contributed by atoms with Crippen LogP contribution in [-0.4, -0.2) is 18.4 Å². The van der Waals surface area contributed by atoms with E-state index in [4.69, 9.17) is 0 Å². The molecule has 78 valence electrons. The van der Waals surface area contributed by atoms with Gasteiger partial charge in [0, 0.05) is 0 Å². The van der Waals surface area contributed by atoms with Crippen LogP contribution in [0.2, 0.25) is 14.8 Å². The molecule has 0 fully saturated rings. The number of rotatable bonds is 1. The number of benzene rings is 1. The minimum atomic E-state index is -4.21. The zero-order valence-electron chi connectivity index (χ0n) is 8.44. The van der Waals surface area contributed by atoms with Crippen molar-refractivity contribution in [1.29, 1.82) is 0 Å². The van der Waals surface area contributed by atoms with Crippen LogP contribution in [0.5, 0.6) is 0 Å². The van der Waals surface area contributed by atoms with E-state index in [1.807, 2.05) is 14.8 Å². The van der Waals surface area contributed by atoms with Crippen LogP contribution in [0.4, 0.5) is 13.2 Å². The molecule has 1 aromatic rings. The van der Waals surface area contributed by atoms with Gasteiger partial charge in [0.25, 0.3) is 0 Å². The molecule has 14 heavy (non-hydrogen) atoms. The Hall–Kier alpha value is -0.191. The van der Waals surface area contributed by atoms with Gasteiger partial charge in [0.15, 0.2) is 0 Å². The summed E-state index contributed by atoms with van der Waals surface area (Å²) in [7, 11) is 0. The molecule has 0 amide bonds. The van der Waals surface area contributed by atoms with Gasteiger partial charge in [0.05, 0.1) is 0 Å². The topological polar surface area (TPSA) is 0 Å². The molecule has 0 aromatic heterocycles. The van der Waals surface area contributed by atoms with Gasteiger partial charge in [-0.2, -0.15) is 0 Å². The van der Waals surface area contributed by atoms with E-state index >= 15 is 0 Å². The van der Waals surface area contributed by atoms with Crippen LogP contribution in [0, 0.1) is 0 Å². The quantitative estimate of drug-likeness (QED) is 0.699. The van der Waals surface area contributed by atoms with Gasteiger partial charge in [-0.25, -0.2) is 0 Å². The predicted molar refractivity (Wildman–Crippen MR) is 54.4 cm³/mol. The van der Waals surface area contributed by atoms with Gasteiger partial charge in [0.2, 0.25) is 0 Å². The first-order valence-corrected chi connectivity index (χ1v) is 14.4. The van der Waals surface area contributed by atoms with Crippen LogP contribution >= 0.6 is 0 Å². The van der Waals surface area contributed by atoms with E-state index in [9.17, 15) is 13.2 Å². The maximum atomic E-state index is 12.6. The van der Waals surface area contributed by atoms with E-state index in [1.54, 1.807) is 12.1 Å². The van der Waals surface area contributed by atoms with E-state index in [1.165, 1.54) is 12.1 Å². The zero-order chi connectivity index (χ0) is 11.0. The second-order valence-electron chi connectivity index (χ2n) is 4.29. The first-order chi connectivity index (χ1) is 6.23. The molecule has 0 spiro atoms. The van der Waals surface area contributed by atoms with Crippen LogP contribution in [0.3, 0.4) is 0 Å². The second kappa shape index (κ2) is 3.76. The first-order valence-electron chi connectivity index (χ1n) is 4.39. The molecule has 0 aliphatic carbocycles. The molecule has 0 N–H and O–H groups in total. The normalized spacial score (nSPS) is 13.0. The molecule has 4 heteroatoms. The summed E-state index contributed by atoms with van der Waals surface area (Å²) >= 11 is -2.64. The summed E-state index contributed by atoms with van der Waals surface area (Å²) in [5, 5.41) is 0. The van der Waals surface area contributed by atoms with Crippen molar-refractivity contribution in [3.63, 3.8) is 0 Å². The van der Waals surface area contributed by atoms with Crippen LogP contribution in [0.15, 0.2) is 24.3 Å². The van der Waals surface area contributed by atoms with Crippen molar-refractivity contribution in [1.82, 2.24) is 0 Å². The first kappa shape index (κ1) is 11.9. The average molecular weight is 309 g/mol. The van der Waals surface area contributed by atoms with Gasteiger partial charge in [0.1, 0.15) is 0 Å². The van der Waals surface area contributed by atoms with Crippen LogP contribution in [0.1, 0.15) is 5.56 Å². The minimum absolute atomic E-state index is 0.441. The maximum absolute atomic E-state index is 12.6. The van der Waals surface area contributed by atoms with E-state index in [0.29, 0.717) is 3.58 Å². The standard InChI is InChI=1S/C7H4F3.3CH3.Sn/c8-7(9,10)6-4-2-1-3-5-6;;;;/h1-4H;3*1H3;. The third-order valence-electron chi connectivity index (χ3n) is 2.04. The van der Waals surface area contributed by atoms with Crippen LogP contribution in [-0.2, 0) is 6.18 Å². The number of hydrogen-bond donors (Lipinski definition) is 0. The molecule has 0 atom stereocenters. The molecule has 0 saturated heterocycles. The molecule has 0 aliphatic rings. The Morgan fingerprint density at radius 1 is 1.00 bits per heavy atom. The predicted octanol–water partition coefficient (Wildman–Crippen LogP) is 3.25. The van der Waals surface area contributed by atoms with Crippen molar-refractivity contribution < 1.29 is 13.2 Å². The van der Waals surface area contributed by atoms with Gasteiger partial charge in [-0.3, -0.25) is 0 Å². The Balaban J connectivity index is 3.31. The molecule has 1 aromatic carbocycles. The Kier molecular flexibility index (Phi) is 3.19. The van der Waals surface area contributed by atoms with E-state index in [2.05, 4.69) is 0 Å². The fourth-order valence-electron chi connectivity index (χ4n) is 1.38. The van der Waals surface area contributed by atoms with Crippen molar-refractivity contribution in [2.45, 2.75) is 21.0 Å². The van der Waals surface area contributed by atoms with Crippen molar-refractivity contribution >= 4 is 22.0 Å². The molecule has 0 aliphatic heterocycles. The molecule has 0 radical (unpaired) electrons. The molecule has 0 unspecified atom stereocenters. The second-order valence-corrected chi connectivity index (χ2v) is 18.7. The van der Waals surface area contributed by atoms with Crippen molar-refractivity contribution in [3.8, 4) is 0 Å². The summed E-state index contributed by atoms with van der Waals surface area (Å²) in [6.07, 6.45) is -4.21. The van der Waals surface area contributed by atoms with E-state index in [-0.39, 0.29) is 0 Å².